The fraction of sp³-hybridized carbons (Fsp3) is 0.676. The van der Waals surface area contributed by atoms with Crippen molar-refractivity contribution < 1.29 is 14.0 Å². The van der Waals surface area contributed by atoms with Gasteiger partial charge in [-0.3, -0.25) is 4.79 Å². The molecule has 0 fully saturated rings. The second-order valence-corrected chi connectivity index (χ2v) is 18.6. The first kappa shape index (κ1) is 32.4. The van der Waals surface area contributed by atoms with Gasteiger partial charge in [-0.1, -0.05) is 91.5 Å². The summed E-state index contributed by atoms with van der Waals surface area (Å²) in [6.45, 7) is 29.3. The van der Waals surface area contributed by atoms with Gasteiger partial charge in [0.2, 0.25) is 8.32 Å². The van der Waals surface area contributed by atoms with Crippen LogP contribution in [0.3, 0.4) is 0 Å². The third-order valence-corrected chi connectivity index (χ3v) is 13.4. The summed E-state index contributed by atoms with van der Waals surface area (Å²) in [5.74, 6) is 1.32. The highest BCUT2D eigenvalue weighted by atomic mass is 28.4. The molecule has 4 heteroatoms. The molecule has 0 N–H and O–H groups in total. The molecule has 2 rings (SSSR count). The summed E-state index contributed by atoms with van der Waals surface area (Å²) in [7, 11) is -2.09. The van der Waals surface area contributed by atoms with Gasteiger partial charge in [0.1, 0.15) is 12.4 Å². The van der Waals surface area contributed by atoms with E-state index >= 15 is 0 Å². The van der Waals surface area contributed by atoms with Gasteiger partial charge in [-0.25, -0.2) is 0 Å². The topological polar surface area (TPSA) is 35.5 Å². The second kappa shape index (κ2) is 13.0. The highest BCUT2D eigenvalue weighted by Gasteiger charge is 2.41. The molecule has 0 saturated heterocycles. The number of allylic oxidation sites excluding steroid dienone is 2. The molecule has 0 aromatic heterocycles. The van der Waals surface area contributed by atoms with Crippen LogP contribution in [0.4, 0.5) is 0 Å². The first-order chi connectivity index (χ1) is 17.5. The first-order valence-electron chi connectivity index (χ1n) is 14.8. The molecule has 1 aromatic carbocycles. The molecule has 0 heterocycles. The fourth-order valence-electron chi connectivity index (χ4n) is 5.36. The number of hydrogen-bond acceptors (Lipinski definition) is 3. The van der Waals surface area contributed by atoms with Gasteiger partial charge in [-0.05, 0) is 85.3 Å². The van der Waals surface area contributed by atoms with E-state index in [0.717, 1.165) is 18.6 Å². The molecule has 0 unspecified atom stereocenters. The van der Waals surface area contributed by atoms with Crippen LogP contribution in [0, 0.1) is 12.8 Å². The summed E-state index contributed by atoms with van der Waals surface area (Å²) in [6.07, 6.45) is 10.6. The van der Waals surface area contributed by atoms with Crippen LogP contribution < -0.4 is 4.43 Å². The Morgan fingerprint density at radius 3 is 2.29 bits per heavy atom. The highest BCUT2D eigenvalue weighted by molar-refractivity contribution is 6.74. The Hall–Kier alpha value is -1.81. The molecule has 1 aliphatic rings. The van der Waals surface area contributed by atoms with Gasteiger partial charge in [0.25, 0.3) is 0 Å². The van der Waals surface area contributed by atoms with E-state index in [1.807, 2.05) is 0 Å². The number of carbonyl (C=O) groups is 1. The second-order valence-electron chi connectivity index (χ2n) is 13.9. The predicted octanol–water partition coefficient (Wildman–Crippen LogP) is 10.2. The van der Waals surface area contributed by atoms with Crippen LogP contribution in [0.1, 0.15) is 123 Å². The molecule has 3 nitrogen and oxygen atoms in total. The molecule has 1 aromatic rings. The largest absolute Gasteiger partial charge is 0.543 e. The molecule has 0 spiro atoms. The molecule has 2 atom stereocenters. The van der Waals surface area contributed by atoms with E-state index in [4.69, 9.17) is 9.16 Å². The molecule has 0 saturated carbocycles. The summed E-state index contributed by atoms with van der Waals surface area (Å²) in [5, 5.41) is 0.0977. The van der Waals surface area contributed by atoms with E-state index in [2.05, 4.69) is 93.3 Å². The van der Waals surface area contributed by atoms with Crippen LogP contribution in [-0.4, -0.2) is 20.9 Å². The number of esters is 1. The number of rotatable bonds is 12. The third kappa shape index (κ3) is 8.34. The highest BCUT2D eigenvalue weighted by Crippen LogP contribution is 2.48. The Morgan fingerprint density at radius 2 is 1.74 bits per heavy atom. The van der Waals surface area contributed by atoms with Gasteiger partial charge in [-0.15, -0.1) is 0 Å². The minimum absolute atomic E-state index is 0.0826. The van der Waals surface area contributed by atoms with Gasteiger partial charge in [0, 0.05) is 18.4 Å². The lowest BCUT2D eigenvalue weighted by Crippen LogP contribution is -2.44. The standard InChI is InChI=1S/C34H56O3Si/c1-13-14-15-16-19-34(9,10)28-20-25(4)32(31(22-28)37-38(11,12)33(6,7)8)30-21-27(23-36-26(5)35)17-18-29(30)24(2)3/h20-22,29-30H,2,13-19,23H2,1,3-12H3/t29-,30+/m1/s1. The Morgan fingerprint density at radius 1 is 1.08 bits per heavy atom. The zero-order chi connectivity index (χ0) is 28.9. The SMILES string of the molecule is C=C(C)[C@H]1CCC(COC(C)=O)=C[C@@H]1c1c(C)cc(C(C)(C)CCCCCC)cc1O[Si](C)(C)C(C)(C)C. The maximum atomic E-state index is 11.5. The van der Waals surface area contributed by atoms with Crippen molar-refractivity contribution >= 4 is 14.3 Å². The Bertz CT molecular complexity index is 1010. The van der Waals surface area contributed by atoms with Crippen molar-refractivity contribution in [3.8, 4) is 5.75 Å². The number of hydrogen-bond donors (Lipinski definition) is 0. The molecule has 214 valence electrons. The normalized spacial score (nSPS) is 18.7. The van der Waals surface area contributed by atoms with Crippen LogP contribution in [-0.2, 0) is 14.9 Å². The summed E-state index contributed by atoms with van der Waals surface area (Å²) in [5.41, 5.74) is 6.43. The van der Waals surface area contributed by atoms with Gasteiger partial charge in [0.15, 0.2) is 0 Å². The summed E-state index contributed by atoms with van der Waals surface area (Å²) >= 11 is 0. The molecule has 0 aliphatic heterocycles. The smallest absolute Gasteiger partial charge is 0.302 e. The monoisotopic (exact) mass is 540 g/mol. The Balaban J connectivity index is 2.66. The van der Waals surface area contributed by atoms with Crippen molar-refractivity contribution in [1.82, 2.24) is 0 Å². The van der Waals surface area contributed by atoms with Crippen LogP contribution in [0.15, 0.2) is 35.9 Å². The quantitative estimate of drug-likeness (QED) is 0.114. The maximum absolute atomic E-state index is 11.5. The molecule has 0 bridgehead atoms. The predicted molar refractivity (Wildman–Crippen MR) is 166 cm³/mol. The zero-order valence-electron chi connectivity index (χ0n) is 26.5. The van der Waals surface area contributed by atoms with Crippen LogP contribution in [0.2, 0.25) is 18.1 Å². The van der Waals surface area contributed by atoms with Crippen molar-refractivity contribution in [2.45, 2.75) is 137 Å². The van der Waals surface area contributed by atoms with E-state index in [9.17, 15) is 4.79 Å². The molecular weight excluding hydrogens is 484 g/mol. The number of ether oxygens (including phenoxy) is 1. The molecule has 38 heavy (non-hydrogen) atoms. The number of aryl methyl sites for hydroxylation is 1. The Labute approximate surface area is 235 Å². The molecular formula is C34H56O3Si. The molecule has 0 radical (unpaired) electrons. The van der Waals surface area contributed by atoms with Crippen LogP contribution in [0.25, 0.3) is 0 Å². The number of unbranched alkanes of at least 4 members (excludes halogenated alkanes) is 3. The number of carbonyl (C=O) groups excluding carboxylic acids is 1. The fourth-order valence-corrected chi connectivity index (χ4v) is 6.39. The van der Waals surface area contributed by atoms with Gasteiger partial charge >= 0.3 is 5.97 Å². The summed E-state index contributed by atoms with van der Waals surface area (Å²) in [6, 6.07) is 4.78. The zero-order valence-corrected chi connectivity index (χ0v) is 27.5. The first-order valence-corrected chi connectivity index (χ1v) is 17.7. The van der Waals surface area contributed by atoms with Crippen LogP contribution in [0.5, 0.6) is 5.75 Å². The minimum atomic E-state index is -2.09. The molecule has 0 amide bonds. The summed E-state index contributed by atoms with van der Waals surface area (Å²) < 4.78 is 12.6. The third-order valence-electron chi connectivity index (χ3n) is 9.01. The van der Waals surface area contributed by atoms with Crippen LogP contribution >= 0.6 is 0 Å². The lowest BCUT2D eigenvalue weighted by atomic mass is 9.71. The lowest BCUT2D eigenvalue weighted by molar-refractivity contribution is -0.140. The van der Waals surface area contributed by atoms with Crippen molar-refractivity contribution in [3.05, 3.63) is 52.6 Å². The average Bonchev–Trinajstić information content (AvgIpc) is 2.79. The van der Waals surface area contributed by atoms with Crippen molar-refractivity contribution in [2.75, 3.05) is 6.61 Å². The average molecular weight is 541 g/mol. The Kier molecular flexibility index (Phi) is 11.1. The maximum Gasteiger partial charge on any atom is 0.302 e. The molecule has 1 aliphatic carbocycles. The van der Waals surface area contributed by atoms with Gasteiger partial charge in [-0.2, -0.15) is 0 Å². The van der Waals surface area contributed by atoms with E-state index in [-0.39, 0.29) is 22.3 Å². The van der Waals surface area contributed by atoms with E-state index in [1.54, 1.807) is 0 Å². The van der Waals surface area contributed by atoms with Crippen molar-refractivity contribution in [3.63, 3.8) is 0 Å². The minimum Gasteiger partial charge on any atom is -0.543 e. The summed E-state index contributed by atoms with van der Waals surface area (Å²) in [4.78, 5) is 11.5. The number of benzene rings is 1. The van der Waals surface area contributed by atoms with Gasteiger partial charge < -0.3 is 9.16 Å². The van der Waals surface area contributed by atoms with E-state index in [1.165, 1.54) is 66.9 Å². The lowest BCUT2D eigenvalue weighted by Gasteiger charge is -2.40. The van der Waals surface area contributed by atoms with Gasteiger partial charge in [0.05, 0.1) is 0 Å². The van der Waals surface area contributed by atoms with E-state index < -0.39 is 8.32 Å². The van der Waals surface area contributed by atoms with Crippen molar-refractivity contribution in [2.24, 2.45) is 5.92 Å². The van der Waals surface area contributed by atoms with E-state index in [0.29, 0.717) is 12.5 Å². The van der Waals surface area contributed by atoms with Crippen molar-refractivity contribution in [1.29, 1.82) is 0 Å².